The first-order valence-corrected chi connectivity index (χ1v) is 8.38. The SMILES string of the molecule is O=C(NCCCOC1CCCCC1)c1ccc(CCl)cc1. The van der Waals surface area contributed by atoms with E-state index >= 15 is 0 Å². The van der Waals surface area contributed by atoms with Crippen molar-refractivity contribution in [2.45, 2.75) is 50.5 Å². The summed E-state index contributed by atoms with van der Waals surface area (Å²) in [5.74, 6) is 0.439. The number of carbonyl (C=O) groups is 1. The van der Waals surface area contributed by atoms with Gasteiger partial charge in [0.15, 0.2) is 0 Å². The maximum Gasteiger partial charge on any atom is 0.251 e. The molecule has 0 atom stereocenters. The summed E-state index contributed by atoms with van der Waals surface area (Å²) >= 11 is 5.73. The average molecular weight is 310 g/mol. The molecule has 21 heavy (non-hydrogen) atoms. The second-order valence-corrected chi connectivity index (χ2v) is 5.84. The Morgan fingerprint density at radius 1 is 1.19 bits per heavy atom. The second kappa shape index (κ2) is 9.06. The van der Waals surface area contributed by atoms with Crippen LogP contribution in [0.25, 0.3) is 0 Å². The molecule has 1 aliphatic rings. The van der Waals surface area contributed by atoms with E-state index in [0.29, 0.717) is 24.1 Å². The quantitative estimate of drug-likeness (QED) is 0.613. The Morgan fingerprint density at radius 2 is 1.90 bits per heavy atom. The maximum atomic E-state index is 11.9. The molecule has 1 aliphatic carbocycles. The molecule has 1 saturated carbocycles. The van der Waals surface area contributed by atoms with Gasteiger partial charge in [-0.2, -0.15) is 0 Å². The summed E-state index contributed by atoms with van der Waals surface area (Å²) in [4.78, 5) is 11.9. The van der Waals surface area contributed by atoms with Crippen LogP contribution in [0.5, 0.6) is 0 Å². The van der Waals surface area contributed by atoms with Crippen LogP contribution in [0.2, 0.25) is 0 Å². The van der Waals surface area contributed by atoms with Gasteiger partial charge in [-0.15, -0.1) is 11.6 Å². The topological polar surface area (TPSA) is 38.3 Å². The van der Waals surface area contributed by atoms with Crippen LogP contribution in [0.1, 0.15) is 54.4 Å². The van der Waals surface area contributed by atoms with Crippen molar-refractivity contribution in [1.82, 2.24) is 5.32 Å². The summed E-state index contributed by atoms with van der Waals surface area (Å²) in [5.41, 5.74) is 1.70. The van der Waals surface area contributed by atoms with Gasteiger partial charge in [-0.1, -0.05) is 31.4 Å². The third kappa shape index (κ3) is 5.68. The van der Waals surface area contributed by atoms with Crippen LogP contribution in [0.15, 0.2) is 24.3 Å². The van der Waals surface area contributed by atoms with Gasteiger partial charge in [0.25, 0.3) is 5.91 Å². The van der Waals surface area contributed by atoms with Gasteiger partial charge in [0, 0.05) is 24.6 Å². The molecule has 1 N–H and O–H groups in total. The number of hydrogen-bond acceptors (Lipinski definition) is 2. The Kier molecular flexibility index (Phi) is 7.04. The van der Waals surface area contributed by atoms with Crippen molar-refractivity contribution < 1.29 is 9.53 Å². The zero-order valence-corrected chi connectivity index (χ0v) is 13.2. The Hall–Kier alpha value is -1.06. The van der Waals surface area contributed by atoms with Gasteiger partial charge in [0.1, 0.15) is 0 Å². The Balaban J connectivity index is 1.60. The summed E-state index contributed by atoms with van der Waals surface area (Å²) in [6.45, 7) is 1.39. The molecule has 1 aromatic carbocycles. The lowest BCUT2D eigenvalue weighted by Gasteiger charge is -2.21. The van der Waals surface area contributed by atoms with Crippen LogP contribution in [0.4, 0.5) is 0 Å². The fourth-order valence-electron chi connectivity index (χ4n) is 2.60. The van der Waals surface area contributed by atoms with Crippen LogP contribution in [0.3, 0.4) is 0 Å². The van der Waals surface area contributed by atoms with E-state index in [1.165, 1.54) is 32.1 Å². The van der Waals surface area contributed by atoms with Gasteiger partial charge >= 0.3 is 0 Å². The van der Waals surface area contributed by atoms with Crippen LogP contribution in [0, 0.1) is 0 Å². The molecular weight excluding hydrogens is 286 g/mol. The number of carbonyl (C=O) groups excluding carboxylic acids is 1. The molecule has 1 fully saturated rings. The minimum absolute atomic E-state index is 0.0335. The lowest BCUT2D eigenvalue weighted by atomic mass is 9.98. The zero-order valence-electron chi connectivity index (χ0n) is 12.4. The molecule has 1 aromatic rings. The number of rotatable bonds is 7. The molecule has 116 valence electrons. The van der Waals surface area contributed by atoms with Crippen molar-refractivity contribution in [2.75, 3.05) is 13.2 Å². The molecule has 4 heteroatoms. The normalized spacial score (nSPS) is 15.9. The fraction of sp³-hybridized carbons (Fsp3) is 0.588. The van der Waals surface area contributed by atoms with Crippen LogP contribution in [-0.2, 0) is 10.6 Å². The van der Waals surface area contributed by atoms with Crippen molar-refractivity contribution in [3.8, 4) is 0 Å². The van der Waals surface area contributed by atoms with E-state index in [9.17, 15) is 4.79 Å². The second-order valence-electron chi connectivity index (χ2n) is 5.57. The van der Waals surface area contributed by atoms with Crippen LogP contribution >= 0.6 is 11.6 Å². The molecule has 2 rings (SSSR count). The molecule has 1 amide bonds. The average Bonchev–Trinajstić information content (AvgIpc) is 2.55. The first-order valence-electron chi connectivity index (χ1n) is 7.84. The number of amides is 1. The van der Waals surface area contributed by atoms with E-state index < -0.39 is 0 Å². The fourth-order valence-corrected chi connectivity index (χ4v) is 2.78. The number of benzene rings is 1. The van der Waals surface area contributed by atoms with Gasteiger partial charge in [-0.25, -0.2) is 0 Å². The van der Waals surface area contributed by atoms with Gasteiger partial charge in [-0.3, -0.25) is 4.79 Å². The lowest BCUT2D eigenvalue weighted by Crippen LogP contribution is -2.26. The highest BCUT2D eigenvalue weighted by Crippen LogP contribution is 2.20. The monoisotopic (exact) mass is 309 g/mol. The number of ether oxygens (including phenoxy) is 1. The summed E-state index contributed by atoms with van der Waals surface area (Å²) in [6, 6.07) is 7.39. The zero-order chi connectivity index (χ0) is 14.9. The largest absolute Gasteiger partial charge is 0.378 e. The van der Waals surface area contributed by atoms with Gasteiger partial charge in [0.05, 0.1) is 6.10 Å². The highest BCUT2D eigenvalue weighted by molar-refractivity contribution is 6.17. The minimum Gasteiger partial charge on any atom is -0.378 e. The number of hydrogen-bond donors (Lipinski definition) is 1. The van der Waals surface area contributed by atoms with Crippen LogP contribution < -0.4 is 5.32 Å². The molecule has 0 radical (unpaired) electrons. The molecule has 3 nitrogen and oxygen atoms in total. The number of nitrogens with one attached hydrogen (secondary N) is 1. The summed E-state index contributed by atoms with van der Waals surface area (Å²) in [5, 5.41) is 2.92. The van der Waals surface area contributed by atoms with Crippen molar-refractivity contribution in [1.29, 1.82) is 0 Å². The van der Waals surface area contributed by atoms with E-state index in [1.807, 2.05) is 24.3 Å². The third-order valence-corrected chi connectivity index (χ3v) is 4.19. The van der Waals surface area contributed by atoms with E-state index in [2.05, 4.69) is 5.32 Å². The van der Waals surface area contributed by atoms with Gasteiger partial charge in [0.2, 0.25) is 0 Å². The summed E-state index contributed by atoms with van der Waals surface area (Å²) in [7, 11) is 0. The Bertz CT molecular complexity index is 427. The van der Waals surface area contributed by atoms with E-state index in [4.69, 9.17) is 16.3 Å². The van der Waals surface area contributed by atoms with Crippen molar-refractivity contribution >= 4 is 17.5 Å². The molecule has 0 unspecified atom stereocenters. The lowest BCUT2D eigenvalue weighted by molar-refractivity contribution is 0.0273. The third-order valence-electron chi connectivity index (χ3n) is 3.88. The van der Waals surface area contributed by atoms with Crippen LogP contribution in [-0.4, -0.2) is 25.2 Å². The number of alkyl halides is 1. The molecule has 0 spiro atoms. The molecule has 0 aliphatic heterocycles. The Labute approximate surface area is 132 Å². The van der Waals surface area contributed by atoms with Crippen molar-refractivity contribution in [3.05, 3.63) is 35.4 Å². The smallest absolute Gasteiger partial charge is 0.251 e. The molecule has 0 heterocycles. The summed E-state index contributed by atoms with van der Waals surface area (Å²) < 4.78 is 5.83. The molecule has 0 aromatic heterocycles. The first kappa shape index (κ1) is 16.3. The van der Waals surface area contributed by atoms with E-state index in [1.54, 1.807) is 0 Å². The highest BCUT2D eigenvalue weighted by atomic mass is 35.5. The predicted octanol–water partition coefficient (Wildman–Crippen LogP) is 3.89. The standard InChI is InChI=1S/C17H24ClNO2/c18-13-14-7-9-15(10-8-14)17(20)19-11-4-12-21-16-5-2-1-3-6-16/h7-10,16H,1-6,11-13H2,(H,19,20). The minimum atomic E-state index is -0.0335. The van der Waals surface area contributed by atoms with Gasteiger partial charge in [-0.05, 0) is 37.0 Å². The predicted molar refractivity (Wildman–Crippen MR) is 85.8 cm³/mol. The number of halogens is 1. The van der Waals surface area contributed by atoms with E-state index in [-0.39, 0.29) is 5.91 Å². The first-order chi connectivity index (χ1) is 10.3. The molecule has 0 saturated heterocycles. The van der Waals surface area contributed by atoms with Crippen molar-refractivity contribution in [3.63, 3.8) is 0 Å². The highest BCUT2D eigenvalue weighted by Gasteiger charge is 2.13. The summed E-state index contributed by atoms with van der Waals surface area (Å²) in [6.07, 6.45) is 7.62. The Morgan fingerprint density at radius 3 is 2.57 bits per heavy atom. The van der Waals surface area contributed by atoms with Gasteiger partial charge < -0.3 is 10.1 Å². The molecule has 0 bridgehead atoms. The molecular formula is C17H24ClNO2. The maximum absolute atomic E-state index is 11.9. The van der Waals surface area contributed by atoms with E-state index in [0.717, 1.165) is 18.6 Å². The van der Waals surface area contributed by atoms with Crippen molar-refractivity contribution in [2.24, 2.45) is 0 Å².